The molecule has 1 aliphatic heterocycles. The number of para-hydroxylation sites is 2. The first-order valence-electron chi connectivity index (χ1n) is 9.32. The Morgan fingerprint density at radius 3 is 2.22 bits per heavy atom. The number of rotatable bonds is 0. The Labute approximate surface area is 162 Å². The number of aromatic nitrogens is 3. The van der Waals surface area contributed by atoms with Crippen molar-refractivity contribution < 1.29 is 0 Å². The number of aryl methyl sites for hydroxylation is 2. The summed E-state index contributed by atoms with van der Waals surface area (Å²) >= 11 is 1.82. The van der Waals surface area contributed by atoms with Crippen LogP contribution >= 0.6 is 11.8 Å². The van der Waals surface area contributed by atoms with E-state index in [1.807, 2.05) is 11.8 Å². The van der Waals surface area contributed by atoms with Crippen molar-refractivity contribution >= 4 is 34.3 Å². The third-order valence-electron chi connectivity index (χ3n) is 4.98. The van der Waals surface area contributed by atoms with Gasteiger partial charge in [0.1, 0.15) is 5.52 Å². The number of nitrogens with one attached hydrogen (secondary N) is 2. The zero-order valence-electron chi connectivity index (χ0n) is 14.9. The highest BCUT2D eigenvalue weighted by atomic mass is 32.2. The third-order valence-corrected chi connectivity index (χ3v) is 6.14. The highest BCUT2D eigenvalue weighted by molar-refractivity contribution is 7.99. The normalized spacial score (nSPS) is 14.2. The molecule has 0 radical (unpaired) electrons. The van der Waals surface area contributed by atoms with Crippen LogP contribution in [0.3, 0.4) is 0 Å². The Hall–Kier alpha value is -2.79. The highest BCUT2D eigenvalue weighted by Crippen LogP contribution is 2.43. The van der Waals surface area contributed by atoms with Gasteiger partial charge in [0.25, 0.3) is 0 Å². The Kier molecular flexibility index (Phi) is 4.30. The van der Waals surface area contributed by atoms with Gasteiger partial charge in [0.2, 0.25) is 0 Å². The summed E-state index contributed by atoms with van der Waals surface area (Å²) in [7, 11) is 0. The Morgan fingerprint density at radius 1 is 0.778 bits per heavy atom. The Bertz CT molecular complexity index is 1010. The summed E-state index contributed by atoms with van der Waals surface area (Å²) < 4.78 is 0. The fraction of sp³-hybridized carbons (Fsp3) is 0.182. The molecule has 0 saturated carbocycles. The van der Waals surface area contributed by atoms with E-state index in [1.165, 1.54) is 45.3 Å². The molecule has 0 fully saturated rings. The summed E-state index contributed by atoms with van der Waals surface area (Å²) in [5, 5.41) is 3.42. The van der Waals surface area contributed by atoms with Gasteiger partial charge in [-0.15, -0.1) is 0 Å². The van der Waals surface area contributed by atoms with Gasteiger partial charge in [-0.1, -0.05) is 36.0 Å². The molecule has 5 heteroatoms. The minimum Gasteiger partial charge on any atom is -0.354 e. The average Bonchev–Trinajstić information content (AvgIpc) is 3.11. The topological polar surface area (TPSA) is 53.6 Å². The molecule has 6 rings (SSSR count). The fourth-order valence-electron chi connectivity index (χ4n) is 3.68. The molecular weight excluding hydrogens is 352 g/mol. The maximum absolute atomic E-state index is 4.36. The van der Waals surface area contributed by atoms with Gasteiger partial charge in [0.05, 0.1) is 11.4 Å². The zero-order valence-corrected chi connectivity index (χ0v) is 15.7. The van der Waals surface area contributed by atoms with Crippen LogP contribution < -0.4 is 5.32 Å². The lowest BCUT2D eigenvalue weighted by Gasteiger charge is -2.19. The summed E-state index contributed by atoms with van der Waals surface area (Å²) in [5.41, 5.74) is 7.20. The molecule has 4 nitrogen and oxygen atoms in total. The van der Waals surface area contributed by atoms with Crippen LogP contribution in [0.1, 0.15) is 24.1 Å². The van der Waals surface area contributed by atoms with Gasteiger partial charge in [0, 0.05) is 33.4 Å². The van der Waals surface area contributed by atoms with Crippen LogP contribution in [0.15, 0.2) is 70.7 Å². The van der Waals surface area contributed by atoms with Crippen molar-refractivity contribution in [3.05, 3.63) is 72.2 Å². The minimum atomic E-state index is 0.953. The van der Waals surface area contributed by atoms with E-state index in [-0.39, 0.29) is 0 Å². The number of hydrogen-bond donors (Lipinski definition) is 2. The van der Waals surface area contributed by atoms with Crippen molar-refractivity contribution in [2.45, 2.75) is 35.5 Å². The van der Waals surface area contributed by atoms with Gasteiger partial charge >= 0.3 is 0 Å². The van der Waals surface area contributed by atoms with Crippen LogP contribution in [0.4, 0.5) is 11.4 Å². The molecule has 4 aromatic rings. The molecule has 0 unspecified atom stereocenters. The molecule has 27 heavy (non-hydrogen) atoms. The molecule has 0 atom stereocenters. The molecular formula is C22H20N4S. The van der Waals surface area contributed by atoms with Gasteiger partial charge in [-0.2, -0.15) is 0 Å². The van der Waals surface area contributed by atoms with Crippen LogP contribution in [0.5, 0.6) is 0 Å². The van der Waals surface area contributed by atoms with E-state index in [1.54, 1.807) is 12.4 Å². The first kappa shape index (κ1) is 16.4. The van der Waals surface area contributed by atoms with E-state index >= 15 is 0 Å². The maximum Gasteiger partial charge on any atom is 0.156 e. The molecule has 0 bridgehead atoms. The number of H-pyrrole nitrogens is 1. The molecule has 0 saturated heterocycles. The zero-order chi connectivity index (χ0) is 18.1. The van der Waals surface area contributed by atoms with Gasteiger partial charge in [0.15, 0.2) is 5.65 Å². The van der Waals surface area contributed by atoms with Crippen molar-refractivity contribution in [2.24, 2.45) is 0 Å². The van der Waals surface area contributed by atoms with Crippen molar-refractivity contribution in [2.75, 3.05) is 5.32 Å². The van der Waals surface area contributed by atoms with Crippen LogP contribution in [-0.2, 0) is 12.8 Å². The second kappa shape index (κ2) is 7.08. The smallest absolute Gasteiger partial charge is 0.156 e. The van der Waals surface area contributed by atoms with Crippen LogP contribution in [0, 0.1) is 0 Å². The quantitative estimate of drug-likeness (QED) is 0.364. The molecule has 2 N–H and O–H groups in total. The molecule has 2 aromatic heterocycles. The van der Waals surface area contributed by atoms with Crippen LogP contribution in [-0.4, -0.2) is 15.0 Å². The lowest BCUT2D eigenvalue weighted by molar-refractivity contribution is 0.679. The summed E-state index contributed by atoms with van der Waals surface area (Å²) in [6, 6.07) is 16.8. The summed E-state index contributed by atoms with van der Waals surface area (Å²) in [6.45, 7) is 0. The Balaban J connectivity index is 0.000000119. The number of nitrogens with zero attached hydrogens (tertiary/aromatic N) is 2. The SMILES string of the molecule is c1ccc2c(c1)Nc1ccccc1S2.c1cnc2c3c([nH]c2n1)CCCC3. The van der Waals surface area contributed by atoms with E-state index in [4.69, 9.17) is 0 Å². The number of benzene rings is 2. The number of anilines is 2. The van der Waals surface area contributed by atoms with E-state index < -0.39 is 0 Å². The second-order valence-corrected chi connectivity index (χ2v) is 7.85. The van der Waals surface area contributed by atoms with Crippen molar-refractivity contribution in [3.8, 4) is 0 Å². The molecule has 2 aliphatic rings. The Morgan fingerprint density at radius 2 is 1.44 bits per heavy atom. The van der Waals surface area contributed by atoms with Gasteiger partial charge in [-0.25, -0.2) is 4.98 Å². The van der Waals surface area contributed by atoms with Crippen molar-refractivity contribution in [1.29, 1.82) is 0 Å². The highest BCUT2D eigenvalue weighted by Gasteiger charge is 2.16. The van der Waals surface area contributed by atoms with E-state index in [0.717, 1.165) is 24.0 Å². The fourth-order valence-corrected chi connectivity index (χ4v) is 4.67. The van der Waals surface area contributed by atoms with Crippen molar-refractivity contribution in [3.63, 3.8) is 0 Å². The van der Waals surface area contributed by atoms with E-state index in [2.05, 4.69) is 68.8 Å². The lowest BCUT2D eigenvalue weighted by Crippen LogP contribution is -2.00. The predicted molar refractivity (Wildman–Crippen MR) is 111 cm³/mol. The van der Waals surface area contributed by atoms with Crippen LogP contribution in [0.25, 0.3) is 11.2 Å². The van der Waals surface area contributed by atoms with Gasteiger partial charge in [-0.05, 0) is 49.9 Å². The summed E-state index contributed by atoms with van der Waals surface area (Å²) in [4.78, 5) is 14.6. The van der Waals surface area contributed by atoms with E-state index in [9.17, 15) is 0 Å². The van der Waals surface area contributed by atoms with E-state index in [0.29, 0.717) is 0 Å². The molecule has 1 aliphatic carbocycles. The molecule has 0 amide bonds. The largest absolute Gasteiger partial charge is 0.354 e. The average molecular weight is 372 g/mol. The van der Waals surface area contributed by atoms with Gasteiger partial charge in [-0.3, -0.25) is 4.98 Å². The summed E-state index contributed by atoms with van der Waals surface area (Å²) in [5.74, 6) is 0. The molecule has 3 heterocycles. The standard InChI is InChI=1S/C12H9NS.C10H11N3/c1-3-7-11-9(5-1)13-10-6-2-4-8-12(10)14-11;1-2-4-8-7(3-1)9-10(13-8)12-6-5-11-9/h1-8,13H;5-6H,1-4H2,(H,12,13). The predicted octanol–water partition coefficient (Wildman–Crippen LogP) is 5.73. The summed E-state index contributed by atoms with van der Waals surface area (Å²) in [6.07, 6.45) is 8.41. The van der Waals surface area contributed by atoms with Gasteiger partial charge < -0.3 is 10.3 Å². The number of aromatic amines is 1. The first-order valence-corrected chi connectivity index (χ1v) is 10.1. The molecule has 0 spiro atoms. The molecule has 134 valence electrons. The minimum absolute atomic E-state index is 0.953. The first-order chi connectivity index (χ1) is 13.4. The second-order valence-electron chi connectivity index (χ2n) is 6.76. The molecule has 2 aromatic carbocycles. The number of hydrogen-bond acceptors (Lipinski definition) is 4. The van der Waals surface area contributed by atoms with Crippen LogP contribution in [0.2, 0.25) is 0 Å². The monoisotopic (exact) mass is 372 g/mol. The lowest BCUT2D eigenvalue weighted by atomic mass is 9.98. The third kappa shape index (κ3) is 3.19. The maximum atomic E-state index is 4.36. The number of fused-ring (bicyclic) bond motifs is 5. The van der Waals surface area contributed by atoms with Crippen molar-refractivity contribution in [1.82, 2.24) is 15.0 Å².